The summed E-state index contributed by atoms with van der Waals surface area (Å²) in [5.74, 6) is -0.0767. The molecule has 18 heavy (non-hydrogen) atoms. The smallest absolute Gasteiger partial charge is 0.241 e. The van der Waals surface area contributed by atoms with E-state index in [2.05, 4.69) is 10.6 Å². The van der Waals surface area contributed by atoms with Crippen molar-refractivity contribution in [2.45, 2.75) is 38.8 Å². The zero-order valence-corrected chi connectivity index (χ0v) is 11.2. The average Bonchev–Trinajstić information content (AvgIpc) is 2.29. The molecule has 0 spiro atoms. The summed E-state index contributed by atoms with van der Waals surface area (Å²) >= 11 is 0. The molecule has 1 aromatic rings. The number of nitrogens with one attached hydrogen (secondary N) is 2. The highest BCUT2D eigenvalue weighted by atomic mass is 16.3. The molecule has 1 aromatic carbocycles. The van der Waals surface area contributed by atoms with E-state index >= 15 is 0 Å². The van der Waals surface area contributed by atoms with E-state index in [0.717, 1.165) is 5.69 Å². The van der Waals surface area contributed by atoms with Crippen molar-refractivity contribution < 1.29 is 9.90 Å². The molecule has 0 saturated heterocycles. The van der Waals surface area contributed by atoms with Crippen molar-refractivity contribution in [2.75, 3.05) is 11.9 Å². The molecule has 0 saturated carbocycles. The normalized spacial score (nSPS) is 13.1. The molecule has 100 valence electrons. The molecule has 0 aliphatic heterocycles. The molecule has 1 amide bonds. The largest absolute Gasteiger partial charge is 0.396 e. The second-order valence-electron chi connectivity index (χ2n) is 5.08. The van der Waals surface area contributed by atoms with Gasteiger partial charge >= 0.3 is 0 Å². The highest BCUT2D eigenvalue weighted by Gasteiger charge is 2.23. The highest BCUT2D eigenvalue weighted by Crippen LogP contribution is 2.10. The standard InChI is InChI=1S/C14H22N2O2/c1-11(16-14(2,3)9-10-17)13(18)15-12-7-5-4-6-8-12/h4-8,11,16-17H,9-10H2,1-3H3,(H,15,18). The van der Waals surface area contributed by atoms with Gasteiger partial charge in [0.15, 0.2) is 0 Å². The Balaban J connectivity index is 2.52. The fourth-order valence-corrected chi connectivity index (χ4v) is 1.78. The highest BCUT2D eigenvalue weighted by molar-refractivity contribution is 5.94. The van der Waals surface area contributed by atoms with Gasteiger partial charge < -0.3 is 15.7 Å². The van der Waals surface area contributed by atoms with Gasteiger partial charge in [0.1, 0.15) is 0 Å². The van der Waals surface area contributed by atoms with Gasteiger partial charge in [0, 0.05) is 17.8 Å². The first-order valence-electron chi connectivity index (χ1n) is 6.19. The Morgan fingerprint density at radius 3 is 2.50 bits per heavy atom. The number of amides is 1. The first kappa shape index (κ1) is 14.7. The first-order valence-corrected chi connectivity index (χ1v) is 6.19. The Morgan fingerprint density at radius 1 is 1.33 bits per heavy atom. The van der Waals surface area contributed by atoms with Crippen molar-refractivity contribution >= 4 is 11.6 Å². The summed E-state index contributed by atoms with van der Waals surface area (Å²) in [5.41, 5.74) is 0.526. The van der Waals surface area contributed by atoms with Gasteiger partial charge in [-0.1, -0.05) is 18.2 Å². The Morgan fingerprint density at radius 2 is 1.94 bits per heavy atom. The number of aliphatic hydroxyl groups is 1. The molecule has 0 aliphatic rings. The molecule has 1 unspecified atom stereocenters. The van der Waals surface area contributed by atoms with Crippen LogP contribution >= 0.6 is 0 Å². The van der Waals surface area contributed by atoms with Crippen molar-refractivity contribution in [1.29, 1.82) is 0 Å². The van der Waals surface area contributed by atoms with Gasteiger partial charge in [-0.2, -0.15) is 0 Å². The Kier molecular flexibility index (Phi) is 5.31. The number of aliphatic hydroxyl groups excluding tert-OH is 1. The topological polar surface area (TPSA) is 61.4 Å². The third-order valence-corrected chi connectivity index (χ3v) is 2.78. The number of carbonyl (C=O) groups is 1. The van der Waals surface area contributed by atoms with Crippen molar-refractivity contribution in [3.05, 3.63) is 30.3 Å². The Bertz CT molecular complexity index is 377. The van der Waals surface area contributed by atoms with E-state index in [1.54, 1.807) is 0 Å². The van der Waals surface area contributed by atoms with Gasteiger partial charge in [-0.15, -0.1) is 0 Å². The molecule has 3 N–H and O–H groups in total. The van der Waals surface area contributed by atoms with Crippen LogP contribution in [0.15, 0.2) is 30.3 Å². The van der Waals surface area contributed by atoms with Crippen molar-refractivity contribution in [1.82, 2.24) is 5.32 Å². The summed E-state index contributed by atoms with van der Waals surface area (Å²) in [6.45, 7) is 5.86. The summed E-state index contributed by atoms with van der Waals surface area (Å²) in [6, 6.07) is 9.05. The van der Waals surface area contributed by atoms with Crippen LogP contribution in [-0.2, 0) is 4.79 Å². The monoisotopic (exact) mass is 250 g/mol. The third kappa shape index (κ3) is 4.85. The summed E-state index contributed by atoms with van der Waals surface area (Å²) in [6.07, 6.45) is 0.607. The molecule has 1 rings (SSSR count). The second-order valence-corrected chi connectivity index (χ2v) is 5.08. The predicted molar refractivity (Wildman–Crippen MR) is 73.5 cm³/mol. The Hall–Kier alpha value is -1.39. The summed E-state index contributed by atoms with van der Waals surface area (Å²) in [4.78, 5) is 12.0. The van der Waals surface area contributed by atoms with Crippen LogP contribution in [0.5, 0.6) is 0 Å². The van der Waals surface area contributed by atoms with Crippen LogP contribution in [0.25, 0.3) is 0 Å². The lowest BCUT2D eigenvalue weighted by molar-refractivity contribution is -0.118. The quantitative estimate of drug-likeness (QED) is 0.721. The van der Waals surface area contributed by atoms with E-state index in [1.807, 2.05) is 51.1 Å². The van der Waals surface area contributed by atoms with E-state index < -0.39 is 0 Å². The van der Waals surface area contributed by atoms with E-state index in [4.69, 9.17) is 5.11 Å². The van der Waals surface area contributed by atoms with Gasteiger partial charge in [-0.25, -0.2) is 0 Å². The molecule has 0 radical (unpaired) electrons. The van der Waals surface area contributed by atoms with Gasteiger partial charge in [0.25, 0.3) is 0 Å². The molecule has 0 bridgehead atoms. The van der Waals surface area contributed by atoms with Gasteiger partial charge in [-0.05, 0) is 39.3 Å². The minimum absolute atomic E-state index is 0.0767. The average molecular weight is 250 g/mol. The number of para-hydroxylation sites is 1. The van der Waals surface area contributed by atoms with Gasteiger partial charge in [0.05, 0.1) is 6.04 Å². The number of rotatable bonds is 6. The molecular formula is C14H22N2O2. The molecule has 0 heterocycles. The maximum atomic E-state index is 12.0. The van der Waals surface area contributed by atoms with Crippen LogP contribution < -0.4 is 10.6 Å². The Labute approximate surface area is 108 Å². The number of anilines is 1. The predicted octanol–water partition coefficient (Wildman–Crippen LogP) is 1.76. The fourth-order valence-electron chi connectivity index (χ4n) is 1.78. The summed E-state index contributed by atoms with van der Waals surface area (Å²) in [5, 5.41) is 15.0. The second kappa shape index (κ2) is 6.52. The van der Waals surface area contributed by atoms with Gasteiger partial charge in [0.2, 0.25) is 5.91 Å². The molecule has 4 heteroatoms. The maximum absolute atomic E-state index is 12.0. The van der Waals surface area contributed by atoms with Crippen LogP contribution in [0.1, 0.15) is 27.2 Å². The summed E-state index contributed by atoms with van der Waals surface area (Å²) in [7, 11) is 0. The maximum Gasteiger partial charge on any atom is 0.241 e. The third-order valence-electron chi connectivity index (χ3n) is 2.78. The van der Waals surface area contributed by atoms with Gasteiger partial charge in [-0.3, -0.25) is 4.79 Å². The van der Waals surface area contributed by atoms with Crippen LogP contribution in [-0.4, -0.2) is 29.2 Å². The fraction of sp³-hybridized carbons (Fsp3) is 0.500. The van der Waals surface area contributed by atoms with Crippen LogP contribution in [0.4, 0.5) is 5.69 Å². The lowest BCUT2D eigenvalue weighted by atomic mass is 10.00. The molecular weight excluding hydrogens is 228 g/mol. The minimum Gasteiger partial charge on any atom is -0.396 e. The van der Waals surface area contributed by atoms with Crippen molar-refractivity contribution in [3.8, 4) is 0 Å². The molecule has 0 aliphatic carbocycles. The molecule has 1 atom stereocenters. The van der Waals surface area contributed by atoms with Crippen molar-refractivity contribution in [3.63, 3.8) is 0 Å². The van der Waals surface area contributed by atoms with E-state index in [0.29, 0.717) is 6.42 Å². The van der Waals surface area contributed by atoms with Crippen LogP contribution in [0, 0.1) is 0 Å². The van der Waals surface area contributed by atoms with E-state index in [9.17, 15) is 4.79 Å². The van der Waals surface area contributed by atoms with E-state index in [-0.39, 0.29) is 24.1 Å². The number of benzene rings is 1. The van der Waals surface area contributed by atoms with Crippen molar-refractivity contribution in [2.24, 2.45) is 0 Å². The first-order chi connectivity index (χ1) is 8.44. The number of hydrogen-bond acceptors (Lipinski definition) is 3. The molecule has 4 nitrogen and oxygen atoms in total. The number of hydrogen-bond donors (Lipinski definition) is 3. The SMILES string of the molecule is CC(NC(C)(C)CCO)C(=O)Nc1ccccc1. The summed E-state index contributed by atoms with van der Waals surface area (Å²) < 4.78 is 0. The molecule has 0 aromatic heterocycles. The lowest BCUT2D eigenvalue weighted by Crippen LogP contribution is -2.50. The number of carbonyl (C=O) groups excluding carboxylic acids is 1. The van der Waals surface area contributed by atoms with Crippen LogP contribution in [0.3, 0.4) is 0 Å². The zero-order valence-electron chi connectivity index (χ0n) is 11.2. The zero-order chi connectivity index (χ0) is 13.6. The lowest BCUT2D eigenvalue weighted by Gasteiger charge is -2.29. The minimum atomic E-state index is -0.313. The van der Waals surface area contributed by atoms with E-state index in [1.165, 1.54) is 0 Å². The van der Waals surface area contributed by atoms with Crippen LogP contribution in [0.2, 0.25) is 0 Å². The molecule has 0 fully saturated rings.